The van der Waals surface area contributed by atoms with Gasteiger partial charge in [-0.15, -0.1) is 0 Å². The molecule has 0 rings (SSSR count). The molecule has 0 aliphatic carbocycles. The molecule has 7 heteroatoms. The van der Waals surface area contributed by atoms with Gasteiger partial charge in [-0.1, -0.05) is 19.7 Å². The van der Waals surface area contributed by atoms with Gasteiger partial charge in [0, 0.05) is 16.7 Å². The molecule has 25 heavy (non-hydrogen) atoms. The SMILES string of the molecule is C=C(C)C(=O)OCC[S+](CCOC(=O)C(=C)C)CCOC(=O)C(=C)C. The van der Waals surface area contributed by atoms with Crippen molar-refractivity contribution in [2.45, 2.75) is 20.8 Å². The van der Waals surface area contributed by atoms with Gasteiger partial charge < -0.3 is 14.2 Å². The summed E-state index contributed by atoms with van der Waals surface area (Å²) >= 11 is 0. The van der Waals surface area contributed by atoms with Crippen molar-refractivity contribution in [3.63, 3.8) is 0 Å². The molecular weight excluding hydrogens is 344 g/mol. The van der Waals surface area contributed by atoms with E-state index in [1.165, 1.54) is 0 Å². The molecule has 0 fully saturated rings. The smallest absolute Gasteiger partial charge is 0.333 e. The number of rotatable bonds is 12. The van der Waals surface area contributed by atoms with Crippen LogP contribution in [0, 0.1) is 0 Å². The summed E-state index contributed by atoms with van der Waals surface area (Å²) in [6.45, 7) is 16.0. The van der Waals surface area contributed by atoms with Gasteiger partial charge in [-0.05, 0) is 31.7 Å². The molecule has 140 valence electrons. The summed E-state index contributed by atoms with van der Waals surface area (Å²) in [4.78, 5) is 34.2. The minimum absolute atomic E-state index is 0.234. The third-order valence-corrected chi connectivity index (χ3v) is 5.09. The van der Waals surface area contributed by atoms with Gasteiger partial charge in [-0.2, -0.15) is 0 Å². The van der Waals surface area contributed by atoms with Crippen molar-refractivity contribution in [2.24, 2.45) is 0 Å². The molecule has 0 heterocycles. The molecule has 0 atom stereocenters. The van der Waals surface area contributed by atoms with E-state index in [0.717, 1.165) is 0 Å². The Morgan fingerprint density at radius 3 is 1.08 bits per heavy atom. The second-order valence-corrected chi connectivity index (χ2v) is 7.92. The number of carbonyl (C=O) groups is 3. The van der Waals surface area contributed by atoms with Crippen LogP contribution in [0.25, 0.3) is 0 Å². The van der Waals surface area contributed by atoms with Gasteiger partial charge >= 0.3 is 17.9 Å². The van der Waals surface area contributed by atoms with Crippen LogP contribution in [0.2, 0.25) is 0 Å². The van der Waals surface area contributed by atoms with E-state index >= 15 is 0 Å². The first-order chi connectivity index (χ1) is 11.6. The van der Waals surface area contributed by atoms with Crippen LogP contribution < -0.4 is 0 Å². The molecule has 0 aromatic carbocycles. The fourth-order valence-electron chi connectivity index (χ4n) is 1.43. The molecule has 0 unspecified atom stereocenters. The van der Waals surface area contributed by atoms with E-state index in [-0.39, 0.29) is 30.7 Å². The molecule has 0 aromatic heterocycles. The lowest BCUT2D eigenvalue weighted by Gasteiger charge is -2.11. The van der Waals surface area contributed by atoms with Crippen molar-refractivity contribution in [1.29, 1.82) is 0 Å². The Balaban J connectivity index is 4.38. The molecule has 0 aromatic rings. The number of carbonyl (C=O) groups excluding carboxylic acids is 3. The minimum Gasteiger partial charge on any atom is -0.457 e. The first kappa shape index (κ1) is 23.0. The normalized spacial score (nSPS) is 10.1. The van der Waals surface area contributed by atoms with Gasteiger partial charge in [-0.3, -0.25) is 0 Å². The molecule has 0 radical (unpaired) electrons. The van der Waals surface area contributed by atoms with Crippen LogP contribution in [0.4, 0.5) is 0 Å². The average molecular weight is 371 g/mol. The van der Waals surface area contributed by atoms with Gasteiger partial charge in [0.2, 0.25) is 0 Å². The molecular formula is C18H27O6S+. The first-order valence-electron chi connectivity index (χ1n) is 7.77. The van der Waals surface area contributed by atoms with Crippen molar-refractivity contribution < 1.29 is 28.6 Å². The molecule has 0 bridgehead atoms. The zero-order chi connectivity index (χ0) is 19.4. The highest BCUT2D eigenvalue weighted by atomic mass is 32.2. The third kappa shape index (κ3) is 11.2. The van der Waals surface area contributed by atoms with Crippen molar-refractivity contribution in [3.05, 3.63) is 36.5 Å². The van der Waals surface area contributed by atoms with Crippen LogP contribution in [-0.4, -0.2) is 55.0 Å². The fraction of sp³-hybridized carbons (Fsp3) is 0.500. The van der Waals surface area contributed by atoms with Crippen molar-refractivity contribution in [1.82, 2.24) is 0 Å². The molecule has 0 aliphatic heterocycles. The van der Waals surface area contributed by atoms with Gasteiger partial charge in [0.25, 0.3) is 0 Å². The summed E-state index contributed by atoms with van der Waals surface area (Å²) in [6, 6.07) is 0. The average Bonchev–Trinajstić information content (AvgIpc) is 2.53. The Labute approximate surface area is 152 Å². The molecule has 0 N–H and O–H groups in total. The topological polar surface area (TPSA) is 78.9 Å². The van der Waals surface area contributed by atoms with Crippen molar-refractivity contribution in [2.75, 3.05) is 37.1 Å². The Bertz CT molecular complexity index is 462. The van der Waals surface area contributed by atoms with Crippen molar-refractivity contribution >= 4 is 28.8 Å². The molecule has 0 aliphatic rings. The van der Waals surface area contributed by atoms with Crippen molar-refractivity contribution in [3.8, 4) is 0 Å². The molecule has 0 saturated carbocycles. The highest BCUT2D eigenvalue weighted by Gasteiger charge is 2.21. The van der Waals surface area contributed by atoms with Crippen LogP contribution in [0.1, 0.15) is 20.8 Å². The molecule has 0 saturated heterocycles. The lowest BCUT2D eigenvalue weighted by molar-refractivity contribution is -0.139. The van der Waals surface area contributed by atoms with Crippen LogP contribution in [-0.2, 0) is 39.5 Å². The highest BCUT2D eigenvalue weighted by Crippen LogP contribution is 2.03. The molecule has 0 amide bonds. The summed E-state index contributed by atoms with van der Waals surface area (Å²) in [7, 11) is -0.234. The summed E-state index contributed by atoms with van der Waals surface area (Å²) in [6.07, 6.45) is 0. The minimum atomic E-state index is -0.439. The number of ether oxygens (including phenoxy) is 3. The number of hydrogen-bond donors (Lipinski definition) is 0. The Morgan fingerprint density at radius 1 is 0.640 bits per heavy atom. The second kappa shape index (κ2) is 12.4. The second-order valence-electron chi connectivity index (χ2n) is 5.47. The number of hydrogen-bond acceptors (Lipinski definition) is 6. The highest BCUT2D eigenvalue weighted by molar-refractivity contribution is 7.96. The Morgan fingerprint density at radius 2 is 0.880 bits per heavy atom. The zero-order valence-electron chi connectivity index (χ0n) is 15.2. The first-order valence-corrected chi connectivity index (χ1v) is 9.50. The fourth-order valence-corrected chi connectivity index (χ4v) is 3.00. The summed E-state index contributed by atoms with van der Waals surface area (Å²) in [5.74, 6) is 0.458. The van der Waals surface area contributed by atoms with E-state index in [4.69, 9.17) is 14.2 Å². The maximum absolute atomic E-state index is 11.4. The summed E-state index contributed by atoms with van der Waals surface area (Å²) < 4.78 is 15.3. The quantitative estimate of drug-likeness (QED) is 0.226. The lowest BCUT2D eigenvalue weighted by Crippen LogP contribution is -2.27. The summed E-state index contributed by atoms with van der Waals surface area (Å²) in [5.41, 5.74) is 1.02. The number of esters is 3. The van der Waals surface area contributed by atoms with Crippen LogP contribution in [0.5, 0.6) is 0 Å². The van der Waals surface area contributed by atoms with E-state index in [1.807, 2.05) is 0 Å². The van der Waals surface area contributed by atoms with E-state index in [2.05, 4.69) is 19.7 Å². The maximum atomic E-state index is 11.4. The summed E-state index contributed by atoms with van der Waals surface area (Å²) in [5, 5.41) is 0. The van der Waals surface area contributed by atoms with Gasteiger partial charge in [-0.25, -0.2) is 14.4 Å². The maximum Gasteiger partial charge on any atom is 0.333 e. The lowest BCUT2D eigenvalue weighted by atomic mass is 10.4. The van der Waals surface area contributed by atoms with E-state index in [9.17, 15) is 14.4 Å². The van der Waals surface area contributed by atoms with E-state index < -0.39 is 17.9 Å². The predicted molar refractivity (Wildman–Crippen MR) is 99.3 cm³/mol. The zero-order valence-corrected chi connectivity index (χ0v) is 16.0. The largest absolute Gasteiger partial charge is 0.457 e. The van der Waals surface area contributed by atoms with Crippen LogP contribution in [0.15, 0.2) is 36.5 Å². The molecule has 6 nitrogen and oxygen atoms in total. The van der Waals surface area contributed by atoms with E-state index in [0.29, 0.717) is 34.0 Å². The van der Waals surface area contributed by atoms with E-state index in [1.54, 1.807) is 20.8 Å². The predicted octanol–water partition coefficient (Wildman–Crippen LogP) is 1.96. The molecule has 0 spiro atoms. The van der Waals surface area contributed by atoms with Gasteiger partial charge in [0.1, 0.15) is 37.1 Å². The van der Waals surface area contributed by atoms with Crippen LogP contribution in [0.3, 0.4) is 0 Å². The standard InChI is InChI=1S/C18H27O6S/c1-13(2)16(19)22-7-10-25(11-8-23-17(20)14(3)4)12-9-24-18(21)15(5)6/h1,3,5,7-12H2,2,4,6H3/q+1. The van der Waals surface area contributed by atoms with Crippen LogP contribution >= 0.6 is 0 Å². The third-order valence-electron chi connectivity index (χ3n) is 2.86. The van der Waals surface area contributed by atoms with Gasteiger partial charge in [0.05, 0.1) is 0 Å². The Kier molecular flexibility index (Phi) is 11.4. The van der Waals surface area contributed by atoms with Gasteiger partial charge in [0.15, 0.2) is 0 Å². The monoisotopic (exact) mass is 371 g/mol. The Hall–Kier alpha value is -2.02.